The number of carboxylic acids is 1. The zero-order chi connectivity index (χ0) is 14.9. The van der Waals surface area contributed by atoms with E-state index in [-0.39, 0.29) is 0 Å². The predicted molar refractivity (Wildman–Crippen MR) is 86.9 cm³/mol. The van der Waals surface area contributed by atoms with Crippen LogP contribution in [0.15, 0.2) is 36.5 Å². The summed E-state index contributed by atoms with van der Waals surface area (Å²) in [6, 6.07) is 0. The molecule has 1 N–H and O–H groups in total. The molecule has 0 atom stereocenters. The van der Waals surface area contributed by atoms with Crippen LogP contribution in [0.2, 0.25) is 0 Å². The fraction of sp³-hybridized carbons (Fsp3) is 0.611. The quantitative estimate of drug-likeness (QED) is 0.348. The molecule has 0 saturated carbocycles. The summed E-state index contributed by atoms with van der Waals surface area (Å²) in [5.74, 6) is -0.677. The van der Waals surface area contributed by atoms with Gasteiger partial charge in [0.25, 0.3) is 0 Å². The van der Waals surface area contributed by atoms with Crippen molar-refractivity contribution in [3.8, 4) is 0 Å². The van der Waals surface area contributed by atoms with Crippen molar-refractivity contribution in [1.82, 2.24) is 0 Å². The molecule has 0 spiro atoms. The van der Waals surface area contributed by atoms with Gasteiger partial charge in [0.1, 0.15) is 0 Å². The first-order valence-electron chi connectivity index (χ1n) is 7.97. The largest absolute Gasteiger partial charge is 0.481 e. The molecule has 2 heteroatoms. The van der Waals surface area contributed by atoms with Crippen LogP contribution < -0.4 is 0 Å². The number of hydrogen-bond acceptors (Lipinski definition) is 1. The Labute approximate surface area is 124 Å². The van der Waals surface area contributed by atoms with Crippen molar-refractivity contribution in [2.45, 2.75) is 71.1 Å². The Bertz CT molecular complexity index is 301. The van der Waals surface area contributed by atoms with Crippen molar-refractivity contribution in [1.29, 1.82) is 0 Å². The van der Waals surface area contributed by atoms with Crippen LogP contribution >= 0.6 is 0 Å². The highest BCUT2D eigenvalue weighted by Crippen LogP contribution is 2.07. The summed E-state index contributed by atoms with van der Waals surface area (Å²) in [7, 11) is 0. The van der Waals surface area contributed by atoms with Crippen LogP contribution in [0.25, 0.3) is 0 Å². The number of unbranched alkanes of at least 4 members (excludes halogenated alkanes) is 7. The van der Waals surface area contributed by atoms with Crippen LogP contribution in [0.5, 0.6) is 0 Å². The minimum absolute atomic E-state index is 0.316. The minimum Gasteiger partial charge on any atom is -0.481 e. The predicted octanol–water partition coefficient (Wildman–Crippen LogP) is 5.66. The maximum absolute atomic E-state index is 10.3. The van der Waals surface area contributed by atoms with Gasteiger partial charge in [-0.25, -0.2) is 0 Å². The average Bonchev–Trinajstić information content (AvgIpc) is 2.43. The first-order valence-corrected chi connectivity index (χ1v) is 7.97. The van der Waals surface area contributed by atoms with Gasteiger partial charge < -0.3 is 5.11 Å². The second-order valence-corrected chi connectivity index (χ2v) is 5.08. The molecule has 0 heterocycles. The zero-order valence-electron chi connectivity index (χ0n) is 12.9. The van der Waals surface area contributed by atoms with Gasteiger partial charge in [0, 0.05) is 6.42 Å². The highest BCUT2D eigenvalue weighted by molar-refractivity contribution is 5.66. The first kappa shape index (κ1) is 18.7. The van der Waals surface area contributed by atoms with E-state index in [0.29, 0.717) is 6.42 Å². The number of aliphatic carboxylic acids is 1. The third kappa shape index (κ3) is 16.7. The molecule has 0 aliphatic heterocycles. The van der Waals surface area contributed by atoms with Crippen LogP contribution in [-0.4, -0.2) is 11.1 Å². The lowest BCUT2D eigenvalue weighted by molar-refractivity contribution is -0.137. The van der Waals surface area contributed by atoms with E-state index in [9.17, 15) is 4.79 Å². The number of carbonyl (C=O) groups is 1. The summed E-state index contributed by atoms with van der Waals surface area (Å²) in [5, 5.41) is 8.50. The number of rotatable bonds is 13. The van der Waals surface area contributed by atoms with Gasteiger partial charge in [0.2, 0.25) is 0 Å². The summed E-state index contributed by atoms with van der Waals surface area (Å²) < 4.78 is 0. The zero-order valence-corrected chi connectivity index (χ0v) is 12.9. The van der Waals surface area contributed by atoms with E-state index >= 15 is 0 Å². The molecule has 0 bridgehead atoms. The summed E-state index contributed by atoms with van der Waals surface area (Å²) >= 11 is 0. The van der Waals surface area contributed by atoms with Gasteiger partial charge in [-0.05, 0) is 25.7 Å². The molecule has 2 nitrogen and oxygen atoms in total. The number of allylic oxidation sites excluding steroid dienone is 6. The lowest BCUT2D eigenvalue weighted by Crippen LogP contribution is -1.93. The number of hydrogen-bond donors (Lipinski definition) is 1. The van der Waals surface area contributed by atoms with Crippen LogP contribution in [0.1, 0.15) is 71.1 Å². The minimum atomic E-state index is -0.677. The van der Waals surface area contributed by atoms with Crippen molar-refractivity contribution in [3.05, 3.63) is 36.5 Å². The lowest BCUT2D eigenvalue weighted by atomic mass is 10.1. The molecule has 0 rings (SSSR count). The second-order valence-electron chi connectivity index (χ2n) is 5.08. The van der Waals surface area contributed by atoms with E-state index in [0.717, 1.165) is 25.7 Å². The third-order valence-corrected chi connectivity index (χ3v) is 3.09. The Morgan fingerprint density at radius 2 is 1.35 bits per heavy atom. The molecule has 0 aromatic heterocycles. The third-order valence-electron chi connectivity index (χ3n) is 3.09. The van der Waals surface area contributed by atoms with E-state index in [4.69, 9.17) is 5.11 Å². The van der Waals surface area contributed by atoms with Crippen molar-refractivity contribution < 1.29 is 9.90 Å². The molecule has 0 radical (unpaired) electrons. The maximum Gasteiger partial charge on any atom is 0.303 e. The monoisotopic (exact) mass is 278 g/mol. The summed E-state index contributed by atoms with van der Waals surface area (Å²) in [4.78, 5) is 10.3. The van der Waals surface area contributed by atoms with Crippen molar-refractivity contribution in [2.75, 3.05) is 0 Å². The Morgan fingerprint density at radius 3 is 1.95 bits per heavy atom. The van der Waals surface area contributed by atoms with Crippen LogP contribution in [0.3, 0.4) is 0 Å². The standard InChI is InChI=1S/C18H30O2/c1-2-3-4-5-6-7-8-9-10-11-12-13-14-15-16-17-18(19)20/h5-10H,2-4,11-17H2,1H3,(H,19,20)/b6-5-,8-7+,10-9+. The van der Waals surface area contributed by atoms with Gasteiger partial charge in [0.15, 0.2) is 0 Å². The maximum atomic E-state index is 10.3. The molecule has 0 aliphatic rings. The topological polar surface area (TPSA) is 37.3 Å². The molecule has 0 aromatic rings. The van der Waals surface area contributed by atoms with Gasteiger partial charge in [-0.2, -0.15) is 0 Å². The van der Waals surface area contributed by atoms with Crippen LogP contribution in [0, 0.1) is 0 Å². The fourth-order valence-electron chi connectivity index (χ4n) is 1.87. The average molecular weight is 278 g/mol. The molecular weight excluding hydrogens is 248 g/mol. The van der Waals surface area contributed by atoms with Gasteiger partial charge in [0.05, 0.1) is 0 Å². The summed E-state index contributed by atoms with van der Waals surface area (Å²) in [6.07, 6.45) is 23.3. The van der Waals surface area contributed by atoms with Crippen LogP contribution in [0.4, 0.5) is 0 Å². The number of carboxylic acid groups (broad SMARTS) is 1. The SMILES string of the molecule is CCCC\C=C/C=C/C=C/CCCCCCCC(=O)O. The Morgan fingerprint density at radius 1 is 0.800 bits per heavy atom. The molecule has 0 saturated heterocycles. The van der Waals surface area contributed by atoms with Gasteiger partial charge in [-0.3, -0.25) is 4.79 Å². The molecule has 0 aromatic carbocycles. The molecule has 114 valence electrons. The molecule has 0 aliphatic carbocycles. The normalized spacial score (nSPS) is 12.1. The lowest BCUT2D eigenvalue weighted by Gasteiger charge is -1.97. The van der Waals surface area contributed by atoms with Crippen molar-refractivity contribution in [3.63, 3.8) is 0 Å². The van der Waals surface area contributed by atoms with Crippen molar-refractivity contribution in [2.24, 2.45) is 0 Å². The molecule has 20 heavy (non-hydrogen) atoms. The smallest absolute Gasteiger partial charge is 0.303 e. The van der Waals surface area contributed by atoms with E-state index in [2.05, 4.69) is 43.4 Å². The Hall–Kier alpha value is -1.31. The highest BCUT2D eigenvalue weighted by atomic mass is 16.4. The van der Waals surface area contributed by atoms with E-state index in [1.54, 1.807) is 0 Å². The van der Waals surface area contributed by atoms with Crippen molar-refractivity contribution >= 4 is 5.97 Å². The molecule has 0 unspecified atom stereocenters. The Kier molecular flexibility index (Phi) is 14.7. The molecule has 0 fully saturated rings. The second kappa shape index (κ2) is 15.7. The summed E-state index contributed by atoms with van der Waals surface area (Å²) in [6.45, 7) is 2.21. The van der Waals surface area contributed by atoms with Crippen LogP contribution in [-0.2, 0) is 4.79 Å². The van der Waals surface area contributed by atoms with E-state index in [1.807, 2.05) is 0 Å². The van der Waals surface area contributed by atoms with Gasteiger partial charge in [-0.15, -0.1) is 0 Å². The first-order chi connectivity index (χ1) is 9.77. The van der Waals surface area contributed by atoms with E-state index < -0.39 is 5.97 Å². The molecular formula is C18H30O2. The van der Waals surface area contributed by atoms with Gasteiger partial charge in [-0.1, -0.05) is 75.5 Å². The molecule has 0 amide bonds. The summed E-state index contributed by atoms with van der Waals surface area (Å²) in [5.41, 5.74) is 0. The van der Waals surface area contributed by atoms with E-state index in [1.165, 1.54) is 32.1 Å². The fourth-order valence-corrected chi connectivity index (χ4v) is 1.87. The van der Waals surface area contributed by atoms with Gasteiger partial charge >= 0.3 is 5.97 Å². The highest BCUT2D eigenvalue weighted by Gasteiger charge is 1.95. The Balaban J connectivity index is 3.29.